The Morgan fingerprint density at radius 2 is 2.00 bits per heavy atom. The van der Waals surface area contributed by atoms with Crippen molar-refractivity contribution in [3.8, 4) is 0 Å². The van der Waals surface area contributed by atoms with Gasteiger partial charge in [-0.3, -0.25) is 0 Å². The Balaban J connectivity index is 3.00. The summed E-state index contributed by atoms with van der Waals surface area (Å²) in [6, 6.07) is 2.21. The summed E-state index contributed by atoms with van der Waals surface area (Å²) < 4.78 is 52.3. The highest BCUT2D eigenvalue weighted by Crippen LogP contribution is 2.18. The van der Waals surface area contributed by atoms with Crippen molar-refractivity contribution in [1.29, 1.82) is 0 Å². The highest BCUT2D eigenvalue weighted by Gasteiger charge is 2.26. The van der Waals surface area contributed by atoms with Crippen LogP contribution in [0.2, 0.25) is 0 Å². The minimum Gasteiger partial charge on any atom is -0.393 e. The average molecular weight is 308 g/mol. The minimum atomic E-state index is -4.16. The highest BCUT2D eigenvalue weighted by atomic mass is 32.2. The van der Waals surface area contributed by atoms with Crippen molar-refractivity contribution in [1.82, 2.24) is 4.72 Å². The van der Waals surface area contributed by atoms with Crippen LogP contribution >= 0.6 is 12.2 Å². The third kappa shape index (κ3) is 3.92. The highest BCUT2D eigenvalue weighted by molar-refractivity contribution is 7.89. The quantitative estimate of drug-likeness (QED) is 0.810. The number of halogens is 2. The van der Waals surface area contributed by atoms with Crippen LogP contribution in [0.4, 0.5) is 8.78 Å². The van der Waals surface area contributed by atoms with Gasteiger partial charge in [-0.2, -0.15) is 0 Å². The first-order valence-corrected chi connectivity index (χ1v) is 7.20. The van der Waals surface area contributed by atoms with E-state index in [1.165, 1.54) is 0 Å². The molecule has 0 fully saturated rings. The van der Waals surface area contributed by atoms with Gasteiger partial charge in [-0.1, -0.05) is 26.1 Å². The Morgan fingerprint density at radius 1 is 1.42 bits per heavy atom. The Morgan fingerprint density at radius 3 is 2.53 bits per heavy atom. The van der Waals surface area contributed by atoms with Crippen LogP contribution in [0.3, 0.4) is 0 Å². The van der Waals surface area contributed by atoms with Gasteiger partial charge in [0, 0.05) is 12.0 Å². The molecule has 106 valence electrons. The van der Waals surface area contributed by atoms with E-state index in [-0.39, 0.29) is 11.5 Å². The molecule has 0 radical (unpaired) electrons. The molecule has 0 heterocycles. The molecule has 0 bridgehead atoms. The van der Waals surface area contributed by atoms with Gasteiger partial charge in [0.2, 0.25) is 10.0 Å². The van der Waals surface area contributed by atoms with Crippen LogP contribution in [0, 0.1) is 17.0 Å². The third-order valence-electron chi connectivity index (χ3n) is 2.55. The van der Waals surface area contributed by atoms with Gasteiger partial charge in [0.25, 0.3) is 0 Å². The van der Waals surface area contributed by atoms with Crippen molar-refractivity contribution < 1.29 is 17.2 Å². The molecule has 3 N–H and O–H groups in total. The Hall–Kier alpha value is -1.12. The Labute approximate surface area is 116 Å². The summed E-state index contributed by atoms with van der Waals surface area (Å²) in [5.74, 6) is -1.86. The van der Waals surface area contributed by atoms with Crippen molar-refractivity contribution in [2.75, 3.05) is 6.54 Å². The largest absolute Gasteiger partial charge is 0.393 e. The molecule has 0 aromatic heterocycles. The predicted molar refractivity (Wildman–Crippen MR) is 72.1 cm³/mol. The molecule has 1 aromatic carbocycles. The molecular weight excluding hydrogens is 294 g/mol. The molecule has 0 saturated heterocycles. The van der Waals surface area contributed by atoms with Gasteiger partial charge in [-0.05, 0) is 18.2 Å². The number of nitrogens with one attached hydrogen (secondary N) is 1. The zero-order chi connectivity index (χ0) is 14.8. The summed E-state index contributed by atoms with van der Waals surface area (Å²) >= 11 is 4.79. The van der Waals surface area contributed by atoms with E-state index < -0.39 is 32.0 Å². The zero-order valence-corrected chi connectivity index (χ0v) is 12.0. The second-order valence-electron chi connectivity index (χ2n) is 4.65. The molecular formula is C11H14F2N2O2S2. The average Bonchev–Trinajstić information content (AvgIpc) is 2.30. The smallest absolute Gasteiger partial charge is 0.243 e. The molecule has 0 unspecified atom stereocenters. The molecule has 19 heavy (non-hydrogen) atoms. The molecule has 0 amide bonds. The fraction of sp³-hybridized carbons (Fsp3) is 0.364. The van der Waals surface area contributed by atoms with E-state index in [4.69, 9.17) is 18.0 Å². The minimum absolute atomic E-state index is 0.110. The van der Waals surface area contributed by atoms with Crippen molar-refractivity contribution in [2.45, 2.75) is 18.7 Å². The summed E-state index contributed by atoms with van der Waals surface area (Å²) in [6.45, 7) is 3.17. The molecule has 0 aliphatic rings. The number of sulfonamides is 1. The number of hydrogen-bond donors (Lipinski definition) is 2. The van der Waals surface area contributed by atoms with Gasteiger partial charge in [-0.15, -0.1) is 0 Å². The summed E-state index contributed by atoms with van der Waals surface area (Å²) in [6.07, 6.45) is 0. The van der Waals surface area contributed by atoms with Gasteiger partial charge in [0.05, 0.1) is 4.99 Å². The van der Waals surface area contributed by atoms with Crippen LogP contribution < -0.4 is 10.5 Å². The molecule has 4 nitrogen and oxygen atoms in total. The number of rotatable bonds is 5. The van der Waals surface area contributed by atoms with Gasteiger partial charge < -0.3 is 5.73 Å². The monoisotopic (exact) mass is 308 g/mol. The summed E-state index contributed by atoms with van der Waals surface area (Å²) in [5.41, 5.74) is 4.68. The molecule has 0 saturated carbocycles. The maximum atomic E-state index is 13.4. The molecule has 0 spiro atoms. The van der Waals surface area contributed by atoms with Crippen LogP contribution in [-0.4, -0.2) is 20.0 Å². The second kappa shape index (κ2) is 5.48. The molecule has 1 aromatic rings. The summed E-state index contributed by atoms with van der Waals surface area (Å²) in [7, 11) is -4.16. The molecule has 0 aliphatic heterocycles. The fourth-order valence-electron chi connectivity index (χ4n) is 1.12. The number of nitrogens with two attached hydrogens (primary N) is 1. The van der Waals surface area contributed by atoms with Crippen molar-refractivity contribution in [3.63, 3.8) is 0 Å². The summed E-state index contributed by atoms with van der Waals surface area (Å²) in [4.78, 5) is -0.624. The molecule has 8 heteroatoms. The number of thiocarbonyl (C=S) groups is 1. The van der Waals surface area contributed by atoms with Crippen LogP contribution in [0.25, 0.3) is 0 Å². The SMILES string of the molecule is CC(C)(CNS(=O)(=O)c1cc(F)ccc1F)C(N)=S. The van der Waals surface area contributed by atoms with Gasteiger partial charge >= 0.3 is 0 Å². The van der Waals surface area contributed by atoms with Crippen LogP contribution in [0.1, 0.15) is 13.8 Å². The first kappa shape index (κ1) is 15.9. The molecule has 0 atom stereocenters. The van der Waals surface area contributed by atoms with Crippen LogP contribution in [0.5, 0.6) is 0 Å². The first-order chi connectivity index (χ1) is 8.56. The van der Waals surface area contributed by atoms with E-state index in [9.17, 15) is 17.2 Å². The first-order valence-electron chi connectivity index (χ1n) is 5.31. The van der Waals surface area contributed by atoms with Crippen LogP contribution in [0.15, 0.2) is 23.1 Å². The lowest BCUT2D eigenvalue weighted by Gasteiger charge is -2.23. The number of benzene rings is 1. The topological polar surface area (TPSA) is 72.2 Å². The lowest BCUT2D eigenvalue weighted by Crippen LogP contribution is -2.41. The lowest BCUT2D eigenvalue weighted by molar-refractivity contribution is 0.496. The normalized spacial score (nSPS) is 12.4. The fourth-order valence-corrected chi connectivity index (χ4v) is 2.49. The van der Waals surface area contributed by atoms with E-state index in [1.54, 1.807) is 13.8 Å². The third-order valence-corrected chi connectivity index (χ3v) is 4.52. The van der Waals surface area contributed by atoms with E-state index in [0.29, 0.717) is 6.07 Å². The Kier molecular flexibility index (Phi) is 4.59. The predicted octanol–water partition coefficient (Wildman–Crippen LogP) is 1.56. The molecule has 0 aliphatic carbocycles. The maximum absolute atomic E-state index is 13.4. The second-order valence-corrected chi connectivity index (χ2v) is 6.82. The Bertz CT molecular complexity index is 601. The van der Waals surface area contributed by atoms with Gasteiger partial charge in [-0.25, -0.2) is 21.9 Å². The standard InChI is InChI=1S/C11H14F2N2O2S2/c1-11(2,10(14)18)6-15-19(16,17)9-5-7(12)3-4-8(9)13/h3-5,15H,6H2,1-2H3,(H2,14,18). The number of hydrogen-bond acceptors (Lipinski definition) is 3. The van der Waals surface area contributed by atoms with E-state index in [2.05, 4.69) is 4.72 Å². The molecule has 1 rings (SSSR count). The van der Waals surface area contributed by atoms with Gasteiger partial charge in [0.1, 0.15) is 16.5 Å². The van der Waals surface area contributed by atoms with E-state index in [1.807, 2.05) is 0 Å². The van der Waals surface area contributed by atoms with Crippen molar-refractivity contribution >= 4 is 27.2 Å². The van der Waals surface area contributed by atoms with Crippen molar-refractivity contribution in [3.05, 3.63) is 29.8 Å². The van der Waals surface area contributed by atoms with E-state index in [0.717, 1.165) is 12.1 Å². The lowest BCUT2D eigenvalue weighted by atomic mass is 9.94. The maximum Gasteiger partial charge on any atom is 0.243 e. The zero-order valence-electron chi connectivity index (χ0n) is 10.4. The van der Waals surface area contributed by atoms with E-state index >= 15 is 0 Å². The van der Waals surface area contributed by atoms with Crippen molar-refractivity contribution in [2.24, 2.45) is 11.1 Å². The van der Waals surface area contributed by atoms with Gasteiger partial charge in [0.15, 0.2) is 0 Å². The summed E-state index contributed by atoms with van der Waals surface area (Å²) in [5, 5.41) is 0. The van der Waals surface area contributed by atoms with Crippen LogP contribution in [-0.2, 0) is 10.0 Å².